The largest absolute Gasteiger partial charge is 0.494 e. The number of para-hydroxylation sites is 2. The Morgan fingerprint density at radius 1 is 1.17 bits per heavy atom. The van der Waals surface area contributed by atoms with Gasteiger partial charge in [0.2, 0.25) is 5.91 Å². The van der Waals surface area contributed by atoms with E-state index in [1.165, 1.54) is 0 Å². The number of rotatable bonds is 5. The maximum absolute atomic E-state index is 12.8. The molecule has 4 nitrogen and oxygen atoms in total. The molecule has 24 heavy (non-hydrogen) atoms. The zero-order valence-electron chi connectivity index (χ0n) is 14.2. The molecule has 126 valence electrons. The van der Waals surface area contributed by atoms with Gasteiger partial charge in [-0.1, -0.05) is 31.2 Å². The van der Waals surface area contributed by atoms with Crippen LogP contribution in [0.1, 0.15) is 25.8 Å². The first kappa shape index (κ1) is 16.4. The molecule has 0 fully saturated rings. The number of amides is 1. The van der Waals surface area contributed by atoms with E-state index in [0.717, 1.165) is 29.2 Å². The minimum atomic E-state index is 0.0455. The standard InChI is InChI=1S/C20H23NO3/c1-3-16-14-21(18-7-5-6-8-19(18)24-16)20(22)13-15-9-11-17(12-10-15)23-4-2/h5-12,16H,3-4,13-14H2,1-2H3. The summed E-state index contributed by atoms with van der Waals surface area (Å²) in [7, 11) is 0. The van der Waals surface area contributed by atoms with E-state index in [9.17, 15) is 4.79 Å². The van der Waals surface area contributed by atoms with Crippen LogP contribution in [0, 0.1) is 0 Å². The van der Waals surface area contributed by atoms with E-state index in [1.54, 1.807) is 0 Å². The molecule has 0 saturated heterocycles. The fourth-order valence-corrected chi connectivity index (χ4v) is 2.89. The van der Waals surface area contributed by atoms with Crippen LogP contribution in [0.3, 0.4) is 0 Å². The van der Waals surface area contributed by atoms with Gasteiger partial charge in [0.05, 0.1) is 25.3 Å². The first-order valence-corrected chi connectivity index (χ1v) is 8.49. The summed E-state index contributed by atoms with van der Waals surface area (Å²) in [6.07, 6.45) is 1.29. The SMILES string of the molecule is CCOc1ccc(CC(=O)N2CC(CC)Oc3ccccc32)cc1. The highest BCUT2D eigenvalue weighted by Crippen LogP contribution is 2.34. The van der Waals surface area contributed by atoms with E-state index in [1.807, 2.05) is 60.4 Å². The van der Waals surface area contributed by atoms with E-state index < -0.39 is 0 Å². The van der Waals surface area contributed by atoms with E-state index >= 15 is 0 Å². The first-order chi connectivity index (χ1) is 11.7. The van der Waals surface area contributed by atoms with Crippen molar-refractivity contribution in [2.24, 2.45) is 0 Å². The van der Waals surface area contributed by atoms with Crippen LogP contribution in [-0.4, -0.2) is 25.2 Å². The molecule has 1 aliphatic heterocycles. The second kappa shape index (κ2) is 7.39. The minimum Gasteiger partial charge on any atom is -0.494 e. The molecular formula is C20H23NO3. The van der Waals surface area contributed by atoms with E-state index in [4.69, 9.17) is 9.47 Å². The minimum absolute atomic E-state index is 0.0455. The Bertz CT molecular complexity index is 696. The molecule has 0 bridgehead atoms. The van der Waals surface area contributed by atoms with Crippen LogP contribution < -0.4 is 14.4 Å². The van der Waals surface area contributed by atoms with Crippen LogP contribution in [0.25, 0.3) is 0 Å². The summed E-state index contributed by atoms with van der Waals surface area (Å²) in [5.41, 5.74) is 1.85. The zero-order valence-corrected chi connectivity index (χ0v) is 14.2. The van der Waals surface area contributed by atoms with Crippen LogP contribution in [0.2, 0.25) is 0 Å². The monoisotopic (exact) mass is 325 g/mol. The molecule has 3 rings (SSSR count). The number of carbonyl (C=O) groups is 1. The molecule has 1 unspecified atom stereocenters. The van der Waals surface area contributed by atoms with E-state index in [2.05, 4.69) is 6.92 Å². The normalized spacial score (nSPS) is 16.2. The van der Waals surface area contributed by atoms with Gasteiger partial charge in [0.25, 0.3) is 0 Å². The third kappa shape index (κ3) is 3.53. The van der Waals surface area contributed by atoms with Crippen molar-refractivity contribution in [1.82, 2.24) is 0 Å². The van der Waals surface area contributed by atoms with Crippen LogP contribution in [0.5, 0.6) is 11.5 Å². The summed E-state index contributed by atoms with van der Waals surface area (Å²) in [4.78, 5) is 14.7. The lowest BCUT2D eigenvalue weighted by Gasteiger charge is -2.34. The zero-order chi connectivity index (χ0) is 16.9. The number of hydrogen-bond donors (Lipinski definition) is 0. The van der Waals surface area contributed by atoms with E-state index in [0.29, 0.717) is 19.6 Å². The fourth-order valence-electron chi connectivity index (χ4n) is 2.89. The number of benzene rings is 2. The molecule has 2 aromatic rings. The van der Waals surface area contributed by atoms with Crippen molar-refractivity contribution in [3.05, 3.63) is 54.1 Å². The molecular weight excluding hydrogens is 302 g/mol. The molecule has 0 radical (unpaired) electrons. The average Bonchev–Trinajstić information content (AvgIpc) is 2.62. The molecule has 0 aromatic heterocycles. The summed E-state index contributed by atoms with van der Waals surface area (Å²) in [6, 6.07) is 15.5. The van der Waals surface area contributed by atoms with Crippen molar-refractivity contribution in [2.45, 2.75) is 32.8 Å². The van der Waals surface area contributed by atoms with Gasteiger partial charge in [0.15, 0.2) is 0 Å². The van der Waals surface area contributed by atoms with Crippen LogP contribution >= 0.6 is 0 Å². The van der Waals surface area contributed by atoms with Gasteiger partial charge in [0, 0.05) is 0 Å². The number of carbonyl (C=O) groups excluding carboxylic acids is 1. The highest BCUT2D eigenvalue weighted by Gasteiger charge is 2.28. The van der Waals surface area contributed by atoms with Crippen LogP contribution in [-0.2, 0) is 11.2 Å². The third-order valence-electron chi connectivity index (χ3n) is 4.18. The summed E-state index contributed by atoms with van der Waals surface area (Å²) in [6.45, 7) is 5.27. The topological polar surface area (TPSA) is 38.8 Å². The number of ether oxygens (including phenoxy) is 2. The smallest absolute Gasteiger partial charge is 0.231 e. The molecule has 2 aromatic carbocycles. The average molecular weight is 325 g/mol. The Kier molecular flexibility index (Phi) is 5.04. The van der Waals surface area contributed by atoms with Gasteiger partial charge in [-0.05, 0) is 43.2 Å². The third-order valence-corrected chi connectivity index (χ3v) is 4.18. The molecule has 1 heterocycles. The lowest BCUT2D eigenvalue weighted by Crippen LogP contribution is -2.44. The Labute approximate surface area is 143 Å². The maximum Gasteiger partial charge on any atom is 0.231 e. The summed E-state index contributed by atoms with van der Waals surface area (Å²) in [5.74, 6) is 1.71. The Hall–Kier alpha value is -2.49. The highest BCUT2D eigenvalue weighted by atomic mass is 16.5. The molecule has 0 N–H and O–H groups in total. The number of nitrogens with zero attached hydrogens (tertiary/aromatic N) is 1. The van der Waals surface area contributed by atoms with Gasteiger partial charge < -0.3 is 14.4 Å². The second-order valence-electron chi connectivity index (χ2n) is 5.87. The van der Waals surface area contributed by atoms with Crippen LogP contribution in [0.4, 0.5) is 5.69 Å². The molecule has 1 amide bonds. The van der Waals surface area contributed by atoms with Crippen molar-refractivity contribution in [3.63, 3.8) is 0 Å². The van der Waals surface area contributed by atoms with Crippen molar-refractivity contribution in [1.29, 1.82) is 0 Å². The number of hydrogen-bond acceptors (Lipinski definition) is 3. The fraction of sp³-hybridized carbons (Fsp3) is 0.350. The van der Waals surface area contributed by atoms with Crippen molar-refractivity contribution < 1.29 is 14.3 Å². The molecule has 0 saturated carbocycles. The van der Waals surface area contributed by atoms with Crippen molar-refractivity contribution in [2.75, 3.05) is 18.1 Å². The van der Waals surface area contributed by atoms with Gasteiger partial charge in [-0.25, -0.2) is 0 Å². The van der Waals surface area contributed by atoms with Gasteiger partial charge >= 0.3 is 0 Å². The Balaban J connectivity index is 1.76. The molecule has 4 heteroatoms. The summed E-state index contributed by atoms with van der Waals surface area (Å²) >= 11 is 0. The van der Waals surface area contributed by atoms with Crippen molar-refractivity contribution in [3.8, 4) is 11.5 Å². The first-order valence-electron chi connectivity index (χ1n) is 8.49. The van der Waals surface area contributed by atoms with Crippen LogP contribution in [0.15, 0.2) is 48.5 Å². The molecule has 0 aliphatic carbocycles. The van der Waals surface area contributed by atoms with Gasteiger partial charge in [-0.2, -0.15) is 0 Å². The lowest BCUT2D eigenvalue weighted by molar-refractivity contribution is -0.118. The van der Waals surface area contributed by atoms with Crippen molar-refractivity contribution >= 4 is 11.6 Å². The lowest BCUT2D eigenvalue weighted by atomic mass is 10.1. The number of fused-ring (bicyclic) bond motifs is 1. The predicted octanol–water partition coefficient (Wildman–Crippen LogP) is 3.83. The summed E-state index contributed by atoms with van der Waals surface area (Å²) < 4.78 is 11.4. The van der Waals surface area contributed by atoms with E-state index in [-0.39, 0.29) is 12.0 Å². The maximum atomic E-state index is 12.8. The Morgan fingerprint density at radius 2 is 1.92 bits per heavy atom. The second-order valence-corrected chi connectivity index (χ2v) is 5.87. The summed E-state index contributed by atoms with van der Waals surface area (Å²) in [5, 5.41) is 0. The van der Waals surface area contributed by atoms with Gasteiger partial charge in [-0.15, -0.1) is 0 Å². The predicted molar refractivity (Wildman–Crippen MR) is 94.8 cm³/mol. The molecule has 1 atom stereocenters. The van der Waals surface area contributed by atoms with Gasteiger partial charge in [0.1, 0.15) is 17.6 Å². The highest BCUT2D eigenvalue weighted by molar-refractivity contribution is 5.96. The molecule has 1 aliphatic rings. The Morgan fingerprint density at radius 3 is 2.62 bits per heavy atom. The number of anilines is 1. The molecule has 0 spiro atoms. The quantitative estimate of drug-likeness (QED) is 0.838. The van der Waals surface area contributed by atoms with Gasteiger partial charge in [-0.3, -0.25) is 4.79 Å².